The molecule has 2 rings (SSSR count). The van der Waals surface area contributed by atoms with Crippen LogP contribution in [0.1, 0.15) is 52.7 Å². The predicted molar refractivity (Wildman–Crippen MR) is 118 cm³/mol. The fourth-order valence-corrected chi connectivity index (χ4v) is 2.53. The number of rotatable bonds is 7. The second-order valence-electron chi connectivity index (χ2n) is 8.50. The van der Waals surface area contributed by atoms with Crippen LogP contribution in [0.3, 0.4) is 0 Å². The van der Waals surface area contributed by atoms with E-state index in [1.54, 1.807) is 0 Å². The molecule has 0 aliphatic rings. The Morgan fingerprint density at radius 2 is 1.64 bits per heavy atom. The van der Waals surface area contributed by atoms with E-state index >= 15 is 0 Å². The van der Waals surface area contributed by atoms with Crippen molar-refractivity contribution < 1.29 is 0 Å². The molecule has 0 saturated carbocycles. The molecule has 150 valence electrons. The second-order valence-corrected chi connectivity index (χ2v) is 8.50. The molecule has 0 aliphatic carbocycles. The lowest BCUT2D eigenvalue weighted by Crippen LogP contribution is -2.30. The summed E-state index contributed by atoms with van der Waals surface area (Å²) in [5, 5.41) is 15.7. The molecule has 0 fully saturated rings. The maximum absolute atomic E-state index is 6.19. The molecule has 0 amide bonds. The summed E-state index contributed by atoms with van der Waals surface area (Å²) in [6, 6.07) is 17.0. The molecule has 1 unspecified atom stereocenters. The van der Waals surface area contributed by atoms with Crippen molar-refractivity contribution in [3.05, 3.63) is 59.7 Å². The minimum absolute atomic E-state index is 0.278. The molecule has 0 bridgehead atoms. The van der Waals surface area contributed by atoms with Gasteiger partial charge in [-0.25, -0.2) is 0 Å². The summed E-state index contributed by atoms with van der Waals surface area (Å²) in [6.45, 7) is 13.4. The van der Waals surface area contributed by atoms with Gasteiger partial charge in [-0.2, -0.15) is 5.11 Å². The van der Waals surface area contributed by atoms with Crippen molar-refractivity contribution in [2.75, 3.05) is 0 Å². The first-order chi connectivity index (χ1) is 13.2. The summed E-state index contributed by atoms with van der Waals surface area (Å²) >= 11 is 0. The van der Waals surface area contributed by atoms with Crippen LogP contribution in [0.2, 0.25) is 0 Å². The zero-order valence-corrected chi connectivity index (χ0v) is 17.9. The molecule has 3 N–H and O–H groups in total. The molecule has 1 atom stereocenters. The topological polar surface area (TPSA) is 75.1 Å². The summed E-state index contributed by atoms with van der Waals surface area (Å²) in [7, 11) is 0. The first kappa shape index (κ1) is 21.8. The predicted octanol–water partition coefficient (Wildman–Crippen LogP) is 5.36. The quantitative estimate of drug-likeness (QED) is 0.294. The van der Waals surface area contributed by atoms with Gasteiger partial charge in [0.1, 0.15) is 0 Å². The third-order valence-electron chi connectivity index (χ3n) is 4.59. The first-order valence-corrected chi connectivity index (χ1v) is 9.85. The molecule has 2 aromatic carbocycles. The van der Waals surface area contributed by atoms with Crippen LogP contribution in [-0.2, 0) is 6.54 Å². The number of hydrogen-bond donors (Lipinski definition) is 2. The van der Waals surface area contributed by atoms with Crippen molar-refractivity contribution in [2.24, 2.45) is 27.1 Å². The van der Waals surface area contributed by atoms with Gasteiger partial charge in [0.05, 0.1) is 5.54 Å². The molecule has 2 aromatic rings. The van der Waals surface area contributed by atoms with Gasteiger partial charge in [0.15, 0.2) is 5.84 Å². The lowest BCUT2D eigenvalue weighted by Gasteiger charge is -2.17. The Bertz CT molecular complexity index is 814. The molecular weight excluding hydrogens is 346 g/mol. The Morgan fingerprint density at radius 3 is 2.25 bits per heavy atom. The summed E-state index contributed by atoms with van der Waals surface area (Å²) in [4.78, 5) is 0. The molecule has 28 heavy (non-hydrogen) atoms. The van der Waals surface area contributed by atoms with Crippen LogP contribution in [0.4, 0.5) is 0 Å². The van der Waals surface area contributed by atoms with Crippen LogP contribution < -0.4 is 11.1 Å². The van der Waals surface area contributed by atoms with E-state index in [2.05, 4.69) is 65.8 Å². The lowest BCUT2D eigenvalue weighted by molar-refractivity contribution is 0.426. The fourth-order valence-electron chi connectivity index (χ4n) is 2.53. The van der Waals surface area contributed by atoms with Crippen molar-refractivity contribution in [1.82, 2.24) is 5.32 Å². The van der Waals surface area contributed by atoms with Crippen LogP contribution in [0.5, 0.6) is 0 Å². The number of benzene rings is 2. The van der Waals surface area contributed by atoms with Gasteiger partial charge in [-0.3, -0.25) is 0 Å². The summed E-state index contributed by atoms with van der Waals surface area (Å²) < 4.78 is 0. The zero-order valence-electron chi connectivity index (χ0n) is 17.9. The molecular formula is C23H33N5. The van der Waals surface area contributed by atoms with E-state index in [1.165, 1.54) is 5.56 Å². The Hall–Kier alpha value is -2.53. The van der Waals surface area contributed by atoms with E-state index in [0.717, 1.165) is 23.2 Å². The van der Waals surface area contributed by atoms with Gasteiger partial charge in [0, 0.05) is 18.2 Å². The van der Waals surface area contributed by atoms with Crippen LogP contribution >= 0.6 is 0 Å². The third kappa shape index (κ3) is 6.57. The smallest absolute Gasteiger partial charge is 0.155 e. The molecule has 0 saturated heterocycles. The average molecular weight is 380 g/mol. The van der Waals surface area contributed by atoms with Crippen molar-refractivity contribution in [1.29, 1.82) is 0 Å². The van der Waals surface area contributed by atoms with Crippen LogP contribution in [0.25, 0.3) is 11.1 Å². The second kappa shape index (κ2) is 9.60. The Balaban J connectivity index is 2.20. The summed E-state index contributed by atoms with van der Waals surface area (Å²) in [6.07, 6.45) is 0. The maximum atomic E-state index is 6.19. The van der Waals surface area contributed by atoms with Gasteiger partial charge < -0.3 is 11.1 Å². The summed E-state index contributed by atoms with van der Waals surface area (Å²) in [5.41, 5.74) is 10.2. The molecule has 0 radical (unpaired) electrons. The molecule has 0 aliphatic heterocycles. The Kier molecular flexibility index (Phi) is 7.46. The number of hydrogen-bond acceptors (Lipinski definition) is 3. The van der Waals surface area contributed by atoms with Crippen molar-refractivity contribution >= 4 is 5.84 Å². The van der Waals surface area contributed by atoms with Crippen LogP contribution in [0.15, 0.2) is 64.0 Å². The van der Waals surface area contributed by atoms with Crippen LogP contribution in [0, 0.1) is 5.92 Å². The Morgan fingerprint density at radius 1 is 1.00 bits per heavy atom. The largest absolute Gasteiger partial charge is 0.382 e. The average Bonchev–Trinajstić information content (AvgIpc) is 2.65. The van der Waals surface area contributed by atoms with Gasteiger partial charge in [-0.15, -0.1) is 5.10 Å². The van der Waals surface area contributed by atoms with Gasteiger partial charge in [0.25, 0.3) is 0 Å². The normalized spacial score (nSPS) is 14.0. The van der Waals surface area contributed by atoms with Crippen LogP contribution in [-0.4, -0.2) is 17.4 Å². The van der Waals surface area contributed by atoms with Crippen molar-refractivity contribution in [2.45, 2.75) is 59.7 Å². The number of nitrogens with one attached hydrogen (secondary N) is 1. The minimum atomic E-state index is -0.278. The van der Waals surface area contributed by atoms with Gasteiger partial charge >= 0.3 is 0 Å². The SMILES string of the molecule is CC(C)C(C)NCc1ccc(-c2ccccc2/C(N)=N/N=NC(C)(C)C)cc1. The number of nitrogens with zero attached hydrogens (tertiary/aromatic N) is 3. The summed E-state index contributed by atoms with van der Waals surface area (Å²) in [5.74, 6) is 0.976. The van der Waals surface area contributed by atoms with E-state index in [4.69, 9.17) is 5.73 Å². The van der Waals surface area contributed by atoms with E-state index < -0.39 is 0 Å². The van der Waals surface area contributed by atoms with E-state index in [1.807, 2.05) is 45.0 Å². The molecule has 0 heterocycles. The lowest BCUT2D eigenvalue weighted by atomic mass is 9.98. The molecule has 0 aromatic heterocycles. The van der Waals surface area contributed by atoms with Gasteiger partial charge in [0.2, 0.25) is 0 Å². The highest BCUT2D eigenvalue weighted by molar-refractivity contribution is 6.03. The fraction of sp³-hybridized carbons (Fsp3) is 0.435. The minimum Gasteiger partial charge on any atom is -0.382 e. The van der Waals surface area contributed by atoms with E-state index in [0.29, 0.717) is 17.8 Å². The maximum Gasteiger partial charge on any atom is 0.155 e. The standard InChI is InChI=1S/C23H33N5/c1-16(2)17(3)25-15-18-11-13-19(14-12-18)20-9-7-8-10-21(20)22(24)26-28-27-23(4,5)6/h7-14,16-17,25H,15H2,1-6H3,(H2,24,26,27). The highest BCUT2D eigenvalue weighted by atomic mass is 15.4. The molecule has 5 nitrogen and oxygen atoms in total. The van der Waals surface area contributed by atoms with Crippen molar-refractivity contribution in [3.63, 3.8) is 0 Å². The van der Waals surface area contributed by atoms with E-state index in [9.17, 15) is 0 Å². The van der Waals surface area contributed by atoms with Gasteiger partial charge in [-0.1, -0.05) is 62.4 Å². The highest BCUT2D eigenvalue weighted by Crippen LogP contribution is 2.24. The number of nitrogens with two attached hydrogens (primary N) is 1. The third-order valence-corrected chi connectivity index (χ3v) is 4.59. The molecule has 5 heteroatoms. The van der Waals surface area contributed by atoms with E-state index in [-0.39, 0.29) is 5.54 Å². The molecule has 0 spiro atoms. The van der Waals surface area contributed by atoms with Crippen molar-refractivity contribution in [3.8, 4) is 11.1 Å². The zero-order chi connectivity index (χ0) is 20.7. The van der Waals surface area contributed by atoms with Gasteiger partial charge in [-0.05, 0) is 55.5 Å². The highest BCUT2D eigenvalue weighted by Gasteiger charge is 2.10. The monoisotopic (exact) mass is 379 g/mol. The Labute approximate surface area is 169 Å². The number of amidine groups is 1. The first-order valence-electron chi connectivity index (χ1n) is 9.85.